The Hall–Kier alpha value is -1.74. The summed E-state index contributed by atoms with van der Waals surface area (Å²) in [5, 5.41) is 2.78. The molecule has 1 amide bonds. The van der Waals surface area contributed by atoms with Crippen molar-refractivity contribution in [3.63, 3.8) is 0 Å². The Morgan fingerprint density at radius 1 is 1.04 bits per heavy atom. The molecule has 6 nitrogen and oxygen atoms in total. The molecule has 0 bridgehead atoms. The minimum atomic E-state index is -3.62. The molecule has 1 aliphatic heterocycles. The van der Waals surface area contributed by atoms with E-state index >= 15 is 0 Å². The number of halogens is 1. The van der Waals surface area contributed by atoms with Gasteiger partial charge in [-0.2, -0.15) is 4.31 Å². The van der Waals surface area contributed by atoms with Crippen LogP contribution in [0.1, 0.15) is 24.2 Å². The number of ether oxygens (including phenoxy) is 1. The SMILES string of the molecule is CC1CN(S(=O)(=O)c2ccc(C(=O)Nc3ccc(Br)cc3)cc2)CC(C)O1. The first-order valence-electron chi connectivity index (χ1n) is 8.58. The number of hydrogen-bond donors (Lipinski definition) is 1. The number of amides is 1. The van der Waals surface area contributed by atoms with Crippen molar-refractivity contribution < 1.29 is 17.9 Å². The number of nitrogens with one attached hydrogen (secondary N) is 1. The number of carbonyl (C=O) groups excluding carboxylic acids is 1. The van der Waals surface area contributed by atoms with Crippen molar-refractivity contribution in [2.24, 2.45) is 0 Å². The second-order valence-corrected chi connectivity index (χ2v) is 9.42. The van der Waals surface area contributed by atoms with Crippen LogP contribution in [0.25, 0.3) is 0 Å². The highest BCUT2D eigenvalue weighted by atomic mass is 79.9. The van der Waals surface area contributed by atoms with Crippen LogP contribution in [-0.2, 0) is 14.8 Å². The maximum Gasteiger partial charge on any atom is 0.255 e. The standard InChI is InChI=1S/C19H21BrN2O4S/c1-13-11-22(12-14(2)26-13)27(24,25)18-9-3-15(4-10-18)19(23)21-17-7-5-16(20)6-8-17/h3-10,13-14H,11-12H2,1-2H3,(H,21,23). The lowest BCUT2D eigenvalue weighted by Crippen LogP contribution is -2.48. The van der Waals surface area contributed by atoms with Crippen molar-refractivity contribution >= 4 is 37.5 Å². The third kappa shape index (κ3) is 4.76. The Morgan fingerprint density at radius 2 is 1.59 bits per heavy atom. The summed E-state index contributed by atoms with van der Waals surface area (Å²) in [6.45, 7) is 4.35. The molecule has 0 aliphatic carbocycles. The van der Waals surface area contributed by atoms with E-state index in [4.69, 9.17) is 4.74 Å². The first kappa shape index (κ1) is 20.0. The van der Waals surface area contributed by atoms with Crippen LogP contribution in [-0.4, -0.2) is 43.9 Å². The van der Waals surface area contributed by atoms with Gasteiger partial charge in [-0.1, -0.05) is 15.9 Å². The minimum absolute atomic E-state index is 0.153. The number of morpholine rings is 1. The highest BCUT2D eigenvalue weighted by molar-refractivity contribution is 9.10. The molecule has 0 saturated carbocycles. The van der Waals surface area contributed by atoms with Crippen LogP contribution in [0.15, 0.2) is 57.9 Å². The summed E-state index contributed by atoms with van der Waals surface area (Å²) in [5.74, 6) is -0.296. The molecule has 144 valence electrons. The average Bonchev–Trinajstić information content (AvgIpc) is 2.63. The molecule has 1 aliphatic rings. The fourth-order valence-electron chi connectivity index (χ4n) is 2.99. The fraction of sp³-hybridized carbons (Fsp3) is 0.316. The van der Waals surface area contributed by atoms with Crippen molar-refractivity contribution in [2.45, 2.75) is 31.0 Å². The van der Waals surface area contributed by atoms with Gasteiger partial charge in [-0.15, -0.1) is 0 Å². The van der Waals surface area contributed by atoms with E-state index in [2.05, 4.69) is 21.2 Å². The Balaban J connectivity index is 1.74. The molecule has 2 aromatic rings. The van der Waals surface area contributed by atoms with Crippen LogP contribution in [0, 0.1) is 0 Å². The van der Waals surface area contributed by atoms with E-state index in [1.165, 1.54) is 28.6 Å². The van der Waals surface area contributed by atoms with Gasteiger partial charge in [0.05, 0.1) is 17.1 Å². The molecule has 1 heterocycles. The number of hydrogen-bond acceptors (Lipinski definition) is 4. The molecule has 2 atom stereocenters. The molecule has 0 spiro atoms. The van der Waals surface area contributed by atoms with Gasteiger partial charge in [0.15, 0.2) is 0 Å². The second kappa shape index (κ2) is 8.10. The van der Waals surface area contributed by atoms with Gasteiger partial charge in [0.2, 0.25) is 10.0 Å². The normalized spacial score (nSPS) is 21.0. The average molecular weight is 453 g/mol. The quantitative estimate of drug-likeness (QED) is 0.769. The van der Waals surface area contributed by atoms with Crippen LogP contribution >= 0.6 is 15.9 Å². The zero-order valence-corrected chi connectivity index (χ0v) is 17.5. The van der Waals surface area contributed by atoms with Crippen LogP contribution in [0.5, 0.6) is 0 Å². The Morgan fingerprint density at radius 3 is 2.15 bits per heavy atom. The molecule has 2 unspecified atom stereocenters. The summed E-state index contributed by atoms with van der Waals surface area (Å²) in [4.78, 5) is 12.5. The molecule has 0 aromatic heterocycles. The second-order valence-electron chi connectivity index (χ2n) is 6.56. The van der Waals surface area contributed by atoms with Gasteiger partial charge in [0.25, 0.3) is 5.91 Å². The maximum absolute atomic E-state index is 12.8. The monoisotopic (exact) mass is 452 g/mol. The summed E-state index contributed by atoms with van der Waals surface area (Å²) in [7, 11) is -3.62. The number of anilines is 1. The predicted molar refractivity (Wildman–Crippen MR) is 107 cm³/mol. The van der Waals surface area contributed by atoms with Crippen molar-refractivity contribution in [2.75, 3.05) is 18.4 Å². The first-order valence-corrected chi connectivity index (χ1v) is 10.8. The number of sulfonamides is 1. The third-order valence-corrected chi connectivity index (χ3v) is 6.62. The van der Waals surface area contributed by atoms with E-state index in [1.807, 2.05) is 26.0 Å². The van der Waals surface area contributed by atoms with E-state index in [1.54, 1.807) is 12.1 Å². The molecule has 27 heavy (non-hydrogen) atoms. The lowest BCUT2D eigenvalue weighted by molar-refractivity contribution is -0.0440. The fourth-order valence-corrected chi connectivity index (χ4v) is 4.85. The number of rotatable bonds is 4. The molecule has 1 saturated heterocycles. The van der Waals surface area contributed by atoms with Gasteiger partial charge in [-0.3, -0.25) is 4.79 Å². The first-order chi connectivity index (χ1) is 12.8. The van der Waals surface area contributed by atoms with Crippen LogP contribution in [0.3, 0.4) is 0 Å². The Bertz CT molecular complexity index is 904. The van der Waals surface area contributed by atoms with E-state index in [-0.39, 0.29) is 23.0 Å². The zero-order chi connectivity index (χ0) is 19.6. The smallest absolute Gasteiger partial charge is 0.255 e. The summed E-state index contributed by atoms with van der Waals surface area (Å²) in [6, 6.07) is 13.2. The van der Waals surface area contributed by atoms with Gasteiger partial charge < -0.3 is 10.1 Å². The Labute approximate surface area is 167 Å². The molecule has 0 radical (unpaired) electrons. The largest absolute Gasteiger partial charge is 0.373 e. The van der Waals surface area contributed by atoms with Crippen LogP contribution in [0.4, 0.5) is 5.69 Å². The highest BCUT2D eigenvalue weighted by Crippen LogP contribution is 2.22. The highest BCUT2D eigenvalue weighted by Gasteiger charge is 2.32. The molecular formula is C19H21BrN2O4S. The molecule has 1 N–H and O–H groups in total. The zero-order valence-electron chi connectivity index (χ0n) is 15.1. The van der Waals surface area contributed by atoms with Crippen LogP contribution in [0.2, 0.25) is 0 Å². The lowest BCUT2D eigenvalue weighted by Gasteiger charge is -2.34. The minimum Gasteiger partial charge on any atom is -0.373 e. The molecule has 8 heteroatoms. The van der Waals surface area contributed by atoms with Crippen molar-refractivity contribution in [3.8, 4) is 0 Å². The Kier molecular flexibility index (Phi) is 6.00. The van der Waals surface area contributed by atoms with E-state index in [0.29, 0.717) is 24.3 Å². The topological polar surface area (TPSA) is 75.7 Å². The predicted octanol–water partition coefficient (Wildman–Crippen LogP) is 3.50. The van der Waals surface area contributed by atoms with Crippen molar-refractivity contribution in [1.29, 1.82) is 0 Å². The number of nitrogens with zero attached hydrogens (tertiary/aromatic N) is 1. The van der Waals surface area contributed by atoms with Crippen molar-refractivity contribution in [3.05, 3.63) is 58.6 Å². The van der Waals surface area contributed by atoms with Gasteiger partial charge in [-0.25, -0.2) is 8.42 Å². The molecular weight excluding hydrogens is 432 g/mol. The van der Waals surface area contributed by atoms with Gasteiger partial charge in [-0.05, 0) is 62.4 Å². The van der Waals surface area contributed by atoms with Gasteiger partial charge in [0.1, 0.15) is 0 Å². The summed E-state index contributed by atoms with van der Waals surface area (Å²) in [6.07, 6.45) is -0.307. The van der Waals surface area contributed by atoms with E-state index < -0.39 is 10.0 Å². The lowest BCUT2D eigenvalue weighted by atomic mass is 10.2. The summed E-state index contributed by atoms with van der Waals surface area (Å²) in [5.41, 5.74) is 1.05. The molecule has 3 rings (SSSR count). The van der Waals surface area contributed by atoms with Gasteiger partial charge >= 0.3 is 0 Å². The molecule has 1 fully saturated rings. The van der Waals surface area contributed by atoms with Crippen LogP contribution < -0.4 is 5.32 Å². The van der Waals surface area contributed by atoms with E-state index in [0.717, 1.165) is 4.47 Å². The maximum atomic E-state index is 12.8. The van der Waals surface area contributed by atoms with E-state index in [9.17, 15) is 13.2 Å². The summed E-state index contributed by atoms with van der Waals surface area (Å²) >= 11 is 3.34. The number of carbonyl (C=O) groups is 1. The third-order valence-electron chi connectivity index (χ3n) is 4.24. The van der Waals surface area contributed by atoms with Gasteiger partial charge in [0, 0.05) is 28.8 Å². The molecule has 2 aromatic carbocycles. The summed E-state index contributed by atoms with van der Waals surface area (Å²) < 4.78 is 33.6. The van der Waals surface area contributed by atoms with Crippen molar-refractivity contribution in [1.82, 2.24) is 4.31 Å². The number of benzene rings is 2.